The molecule has 0 spiro atoms. The van der Waals surface area contributed by atoms with E-state index in [9.17, 15) is 29.9 Å². The molecule has 0 aliphatic heterocycles. The van der Waals surface area contributed by atoms with Crippen molar-refractivity contribution >= 4 is 5.69 Å². The molecule has 9 nitrogen and oxygen atoms in total. The third kappa shape index (κ3) is 2.76. The molecule has 0 aliphatic carbocycles. The number of hydrogen-bond donors (Lipinski definition) is 4. The maximum atomic E-state index is 11.7. The van der Waals surface area contributed by atoms with Gasteiger partial charge in [-0.15, -0.1) is 0 Å². The summed E-state index contributed by atoms with van der Waals surface area (Å²) in [5.41, 5.74) is -1.36. The number of aromatic amines is 2. The van der Waals surface area contributed by atoms with Gasteiger partial charge in [-0.3, -0.25) is 19.9 Å². The highest BCUT2D eigenvalue weighted by Crippen LogP contribution is 2.33. The summed E-state index contributed by atoms with van der Waals surface area (Å²) in [6.45, 7) is 1.50. The molecule has 0 fully saturated rings. The van der Waals surface area contributed by atoms with Crippen LogP contribution in [0.3, 0.4) is 0 Å². The van der Waals surface area contributed by atoms with Gasteiger partial charge in [0, 0.05) is 35.4 Å². The molecule has 0 saturated heterocycles. The molecule has 110 valence electrons. The number of nitrogens with one attached hydrogen (secondary N) is 2. The molecule has 21 heavy (non-hydrogen) atoms. The van der Waals surface area contributed by atoms with Crippen LogP contribution < -0.4 is 11.2 Å². The smallest absolute Gasteiger partial charge is 0.325 e. The molecule has 0 bridgehead atoms. The number of benzene rings is 1. The molecule has 0 radical (unpaired) electrons. The van der Waals surface area contributed by atoms with Gasteiger partial charge in [-0.2, -0.15) is 0 Å². The monoisotopic (exact) mass is 293 g/mol. The number of phenols is 2. The Balaban J connectivity index is 2.55. The van der Waals surface area contributed by atoms with Crippen LogP contribution in [0.15, 0.2) is 21.7 Å². The third-order valence-corrected chi connectivity index (χ3v) is 2.99. The topological polar surface area (TPSA) is 149 Å². The van der Waals surface area contributed by atoms with Crippen LogP contribution in [0.25, 0.3) is 0 Å². The van der Waals surface area contributed by atoms with Crippen molar-refractivity contribution in [3.05, 3.63) is 59.9 Å². The van der Waals surface area contributed by atoms with Crippen LogP contribution in [0.2, 0.25) is 0 Å². The van der Waals surface area contributed by atoms with Crippen molar-refractivity contribution in [3.63, 3.8) is 0 Å². The van der Waals surface area contributed by atoms with Gasteiger partial charge in [0.15, 0.2) is 5.75 Å². The number of nitro groups is 1. The van der Waals surface area contributed by atoms with E-state index < -0.39 is 27.6 Å². The first-order chi connectivity index (χ1) is 9.79. The minimum absolute atomic E-state index is 0.0835. The average Bonchev–Trinajstić information content (AvgIpc) is 2.35. The van der Waals surface area contributed by atoms with Crippen molar-refractivity contribution < 1.29 is 15.1 Å². The second-order valence-electron chi connectivity index (χ2n) is 4.42. The Morgan fingerprint density at radius 2 is 1.86 bits per heavy atom. The van der Waals surface area contributed by atoms with Crippen molar-refractivity contribution in [1.82, 2.24) is 9.97 Å². The fourth-order valence-corrected chi connectivity index (χ4v) is 1.93. The molecular weight excluding hydrogens is 282 g/mol. The Bertz CT molecular complexity index is 836. The molecule has 9 heteroatoms. The summed E-state index contributed by atoms with van der Waals surface area (Å²) >= 11 is 0. The minimum atomic E-state index is -0.803. The highest BCUT2D eigenvalue weighted by molar-refractivity contribution is 5.54. The van der Waals surface area contributed by atoms with Gasteiger partial charge in [-0.05, 0) is 6.92 Å². The van der Waals surface area contributed by atoms with Gasteiger partial charge < -0.3 is 15.2 Å². The van der Waals surface area contributed by atoms with Gasteiger partial charge in [0.1, 0.15) is 5.75 Å². The van der Waals surface area contributed by atoms with Crippen LogP contribution in [0.5, 0.6) is 11.5 Å². The number of aromatic hydroxyl groups is 2. The van der Waals surface area contributed by atoms with E-state index in [4.69, 9.17) is 0 Å². The Morgan fingerprint density at radius 1 is 1.19 bits per heavy atom. The zero-order valence-electron chi connectivity index (χ0n) is 10.8. The van der Waals surface area contributed by atoms with E-state index in [1.54, 1.807) is 0 Å². The summed E-state index contributed by atoms with van der Waals surface area (Å²) in [6.07, 6.45) is -0.134. The lowest BCUT2D eigenvalue weighted by Crippen LogP contribution is -2.27. The number of rotatable bonds is 3. The van der Waals surface area contributed by atoms with Gasteiger partial charge in [0.2, 0.25) is 0 Å². The Labute approximate surface area is 116 Å². The average molecular weight is 293 g/mol. The zero-order chi connectivity index (χ0) is 15.7. The summed E-state index contributed by atoms with van der Waals surface area (Å²) in [6, 6.07) is 1.82. The van der Waals surface area contributed by atoms with E-state index >= 15 is 0 Å². The zero-order valence-corrected chi connectivity index (χ0v) is 10.8. The standard InChI is InChI=1S/C12H11N3O6/c1-5-7(11(18)14-12(19)13-5)2-6-3-8(15(20)21)10(17)4-9(6)16/h3-4,16-17H,2H2,1H3,(H2,13,14,18,19). The highest BCUT2D eigenvalue weighted by Gasteiger charge is 2.19. The SMILES string of the molecule is Cc1[nH]c(=O)[nH]c(=O)c1Cc1cc([N+](=O)[O-])c(O)cc1O. The molecule has 0 unspecified atom stereocenters. The summed E-state index contributed by atoms with van der Waals surface area (Å²) in [4.78, 5) is 37.2. The molecule has 0 saturated carbocycles. The van der Waals surface area contributed by atoms with Crippen LogP contribution in [-0.2, 0) is 6.42 Å². The van der Waals surface area contributed by atoms with E-state index in [1.165, 1.54) is 6.92 Å². The van der Waals surface area contributed by atoms with Crippen LogP contribution in [-0.4, -0.2) is 25.1 Å². The largest absolute Gasteiger partial charge is 0.508 e. The number of aromatic nitrogens is 2. The first-order valence-corrected chi connectivity index (χ1v) is 5.81. The second kappa shape index (κ2) is 5.12. The van der Waals surface area contributed by atoms with E-state index in [0.717, 1.165) is 12.1 Å². The van der Waals surface area contributed by atoms with Crippen molar-refractivity contribution in [2.45, 2.75) is 13.3 Å². The molecule has 1 aromatic carbocycles. The van der Waals surface area contributed by atoms with Gasteiger partial charge in [0.05, 0.1) is 4.92 Å². The number of phenolic OH excluding ortho intramolecular Hbond substituents is 2. The number of nitrogens with zero attached hydrogens (tertiary/aromatic N) is 1. The first kappa shape index (κ1) is 14.3. The molecule has 1 aromatic heterocycles. The third-order valence-electron chi connectivity index (χ3n) is 2.99. The maximum Gasteiger partial charge on any atom is 0.325 e. The predicted molar refractivity (Wildman–Crippen MR) is 71.7 cm³/mol. The van der Waals surface area contributed by atoms with Crippen molar-refractivity contribution in [2.24, 2.45) is 0 Å². The summed E-state index contributed by atoms with van der Waals surface area (Å²) < 4.78 is 0. The molecule has 0 aliphatic rings. The van der Waals surface area contributed by atoms with Crippen molar-refractivity contribution in [2.75, 3.05) is 0 Å². The molecule has 0 amide bonds. The molecule has 0 atom stereocenters. The van der Waals surface area contributed by atoms with Crippen LogP contribution in [0, 0.1) is 17.0 Å². The number of hydrogen-bond acceptors (Lipinski definition) is 6. The predicted octanol–water partition coefficient (Wildman–Crippen LogP) is 0.282. The lowest BCUT2D eigenvalue weighted by atomic mass is 10.0. The van der Waals surface area contributed by atoms with Crippen molar-refractivity contribution in [3.8, 4) is 11.5 Å². The van der Waals surface area contributed by atoms with Crippen molar-refractivity contribution in [1.29, 1.82) is 0 Å². The van der Waals surface area contributed by atoms with E-state index in [0.29, 0.717) is 5.69 Å². The van der Waals surface area contributed by atoms with Crippen LogP contribution in [0.4, 0.5) is 5.69 Å². The molecule has 4 N–H and O–H groups in total. The summed E-state index contributed by atoms with van der Waals surface area (Å²) in [5, 5.41) is 29.9. The van der Waals surface area contributed by atoms with Gasteiger partial charge in [0.25, 0.3) is 5.56 Å². The first-order valence-electron chi connectivity index (χ1n) is 5.81. The van der Waals surface area contributed by atoms with E-state index in [1.807, 2.05) is 4.98 Å². The fourth-order valence-electron chi connectivity index (χ4n) is 1.93. The van der Waals surface area contributed by atoms with E-state index in [2.05, 4.69) is 4.98 Å². The number of H-pyrrole nitrogens is 2. The van der Waals surface area contributed by atoms with Crippen LogP contribution >= 0.6 is 0 Å². The highest BCUT2D eigenvalue weighted by atomic mass is 16.6. The maximum absolute atomic E-state index is 11.7. The lowest BCUT2D eigenvalue weighted by Gasteiger charge is -2.07. The van der Waals surface area contributed by atoms with Gasteiger partial charge in [-0.1, -0.05) is 0 Å². The Morgan fingerprint density at radius 3 is 2.43 bits per heavy atom. The summed E-state index contributed by atoms with van der Waals surface area (Å²) in [7, 11) is 0. The normalized spacial score (nSPS) is 10.5. The van der Waals surface area contributed by atoms with Crippen LogP contribution in [0.1, 0.15) is 16.8 Å². The van der Waals surface area contributed by atoms with E-state index in [-0.39, 0.29) is 23.3 Å². The Kier molecular flexibility index (Phi) is 3.49. The lowest BCUT2D eigenvalue weighted by molar-refractivity contribution is -0.385. The molecule has 2 aromatic rings. The van der Waals surface area contributed by atoms with Gasteiger partial charge in [-0.25, -0.2) is 4.79 Å². The quantitative estimate of drug-likeness (QED) is 0.471. The number of aryl methyl sites for hydroxylation is 1. The number of nitro benzene ring substituents is 1. The molecular formula is C12H11N3O6. The van der Waals surface area contributed by atoms with Gasteiger partial charge >= 0.3 is 11.4 Å². The minimum Gasteiger partial charge on any atom is -0.508 e. The second-order valence-corrected chi connectivity index (χ2v) is 4.42. The fraction of sp³-hybridized carbons (Fsp3) is 0.167. The molecule has 1 heterocycles. The Hall–Kier alpha value is -3.10. The molecule has 2 rings (SSSR count). The summed E-state index contributed by atoms with van der Waals surface area (Å²) in [5.74, 6) is -1.06.